The van der Waals surface area contributed by atoms with Gasteiger partial charge in [-0.1, -0.05) is 29.8 Å². The van der Waals surface area contributed by atoms with E-state index in [1.807, 2.05) is 24.3 Å². The minimum absolute atomic E-state index is 0.569. The van der Waals surface area contributed by atoms with E-state index in [0.717, 1.165) is 29.0 Å². The highest BCUT2D eigenvalue weighted by Crippen LogP contribution is 2.20. The molecule has 3 rings (SSSR count). The van der Waals surface area contributed by atoms with Crippen LogP contribution in [0.4, 0.5) is 5.95 Å². The molecule has 0 aliphatic heterocycles. The predicted molar refractivity (Wildman–Crippen MR) is 84.0 cm³/mol. The number of fused-ring (bicyclic) bond motifs is 1. The standard InChI is InChI=1S/C16H16ClN3/c1-11-2-7-15-14(10-11)19-16(18)20(15)9-8-12-3-5-13(17)6-4-12/h2-7,10H,8-9H2,1H3,(H2,18,19). The minimum Gasteiger partial charge on any atom is -0.369 e. The number of anilines is 1. The Morgan fingerprint density at radius 3 is 2.65 bits per heavy atom. The molecule has 2 N–H and O–H groups in total. The summed E-state index contributed by atoms with van der Waals surface area (Å²) in [6.07, 6.45) is 0.903. The summed E-state index contributed by atoms with van der Waals surface area (Å²) in [5, 5.41) is 0.761. The molecule has 0 saturated carbocycles. The molecule has 0 radical (unpaired) electrons. The zero-order chi connectivity index (χ0) is 14.1. The fraction of sp³-hybridized carbons (Fsp3) is 0.188. The highest BCUT2D eigenvalue weighted by atomic mass is 35.5. The molecule has 0 bridgehead atoms. The van der Waals surface area contributed by atoms with Crippen molar-refractivity contribution in [3.05, 3.63) is 58.6 Å². The first-order valence-corrected chi connectivity index (χ1v) is 6.98. The molecule has 2 aromatic carbocycles. The molecule has 1 heterocycles. The van der Waals surface area contributed by atoms with Crippen LogP contribution >= 0.6 is 11.6 Å². The van der Waals surface area contributed by atoms with Crippen LogP contribution in [-0.4, -0.2) is 9.55 Å². The Morgan fingerprint density at radius 2 is 1.90 bits per heavy atom. The lowest BCUT2D eigenvalue weighted by Gasteiger charge is -2.07. The topological polar surface area (TPSA) is 43.8 Å². The van der Waals surface area contributed by atoms with Crippen molar-refractivity contribution in [3.63, 3.8) is 0 Å². The van der Waals surface area contributed by atoms with Crippen molar-refractivity contribution in [3.8, 4) is 0 Å². The maximum atomic E-state index is 6.02. The van der Waals surface area contributed by atoms with Crippen LogP contribution in [0.25, 0.3) is 11.0 Å². The van der Waals surface area contributed by atoms with E-state index in [0.29, 0.717) is 5.95 Å². The smallest absolute Gasteiger partial charge is 0.201 e. The summed E-state index contributed by atoms with van der Waals surface area (Å²) in [6.45, 7) is 2.87. The second kappa shape index (κ2) is 5.17. The van der Waals surface area contributed by atoms with Crippen molar-refractivity contribution in [2.45, 2.75) is 19.9 Å². The van der Waals surface area contributed by atoms with Crippen molar-refractivity contribution in [1.82, 2.24) is 9.55 Å². The van der Waals surface area contributed by atoms with Crippen LogP contribution in [0.5, 0.6) is 0 Å². The molecule has 1 aromatic heterocycles. The van der Waals surface area contributed by atoms with Gasteiger partial charge >= 0.3 is 0 Å². The summed E-state index contributed by atoms with van der Waals surface area (Å²) in [5.41, 5.74) is 10.5. The summed E-state index contributed by atoms with van der Waals surface area (Å²) >= 11 is 5.89. The fourth-order valence-electron chi connectivity index (χ4n) is 2.39. The highest BCUT2D eigenvalue weighted by molar-refractivity contribution is 6.30. The number of halogens is 1. The third-order valence-electron chi connectivity index (χ3n) is 3.47. The molecule has 20 heavy (non-hydrogen) atoms. The monoisotopic (exact) mass is 285 g/mol. The molecule has 0 unspecified atom stereocenters. The Labute approximate surface area is 123 Å². The van der Waals surface area contributed by atoms with Gasteiger partial charge in [0.25, 0.3) is 0 Å². The molecule has 102 valence electrons. The van der Waals surface area contributed by atoms with E-state index in [1.54, 1.807) is 0 Å². The quantitative estimate of drug-likeness (QED) is 0.795. The first-order chi connectivity index (χ1) is 9.63. The van der Waals surface area contributed by atoms with Gasteiger partial charge in [-0.3, -0.25) is 0 Å². The van der Waals surface area contributed by atoms with Gasteiger partial charge < -0.3 is 10.3 Å². The Morgan fingerprint density at radius 1 is 1.15 bits per heavy atom. The van der Waals surface area contributed by atoms with Gasteiger partial charge in [-0.15, -0.1) is 0 Å². The van der Waals surface area contributed by atoms with E-state index < -0.39 is 0 Å². The van der Waals surface area contributed by atoms with Crippen LogP contribution in [0.1, 0.15) is 11.1 Å². The maximum absolute atomic E-state index is 6.02. The van der Waals surface area contributed by atoms with Crippen molar-refractivity contribution < 1.29 is 0 Å². The average molecular weight is 286 g/mol. The normalized spacial score (nSPS) is 11.1. The Hall–Kier alpha value is -2.00. The number of nitrogen functional groups attached to an aromatic ring is 1. The molecule has 0 fully saturated rings. The molecule has 0 aliphatic carbocycles. The highest BCUT2D eigenvalue weighted by Gasteiger charge is 2.08. The van der Waals surface area contributed by atoms with Crippen LogP contribution in [0.3, 0.4) is 0 Å². The molecule has 0 aliphatic rings. The zero-order valence-corrected chi connectivity index (χ0v) is 12.1. The third kappa shape index (κ3) is 2.49. The van der Waals surface area contributed by atoms with E-state index >= 15 is 0 Å². The lowest BCUT2D eigenvalue weighted by atomic mass is 10.1. The van der Waals surface area contributed by atoms with Crippen LogP contribution < -0.4 is 5.73 Å². The number of nitrogens with two attached hydrogens (primary N) is 1. The Balaban J connectivity index is 1.87. The third-order valence-corrected chi connectivity index (χ3v) is 3.72. The fourth-order valence-corrected chi connectivity index (χ4v) is 2.51. The minimum atomic E-state index is 0.569. The molecule has 0 atom stereocenters. The number of nitrogens with zero attached hydrogens (tertiary/aromatic N) is 2. The number of hydrogen-bond acceptors (Lipinski definition) is 2. The van der Waals surface area contributed by atoms with Gasteiger partial charge in [-0.05, 0) is 48.7 Å². The van der Waals surface area contributed by atoms with Gasteiger partial charge in [0, 0.05) is 11.6 Å². The van der Waals surface area contributed by atoms with Gasteiger partial charge in [-0.2, -0.15) is 0 Å². The zero-order valence-electron chi connectivity index (χ0n) is 11.3. The second-order valence-electron chi connectivity index (χ2n) is 4.99. The van der Waals surface area contributed by atoms with Crippen LogP contribution in [0.2, 0.25) is 5.02 Å². The van der Waals surface area contributed by atoms with Crippen LogP contribution in [-0.2, 0) is 13.0 Å². The van der Waals surface area contributed by atoms with Gasteiger partial charge in [-0.25, -0.2) is 4.98 Å². The summed E-state index contributed by atoms with van der Waals surface area (Å²) in [5.74, 6) is 0.569. The molecule has 0 saturated heterocycles. The number of hydrogen-bond donors (Lipinski definition) is 1. The summed E-state index contributed by atoms with van der Waals surface area (Å²) in [7, 11) is 0. The van der Waals surface area contributed by atoms with E-state index in [-0.39, 0.29) is 0 Å². The van der Waals surface area contributed by atoms with Gasteiger partial charge in [0.1, 0.15) is 0 Å². The molecule has 3 aromatic rings. The Kier molecular flexibility index (Phi) is 3.36. The maximum Gasteiger partial charge on any atom is 0.201 e. The first-order valence-electron chi connectivity index (χ1n) is 6.60. The SMILES string of the molecule is Cc1ccc2c(c1)nc(N)n2CCc1ccc(Cl)cc1. The first kappa shape index (κ1) is 13.0. The summed E-state index contributed by atoms with van der Waals surface area (Å²) < 4.78 is 2.06. The van der Waals surface area contributed by atoms with E-state index in [9.17, 15) is 0 Å². The lowest BCUT2D eigenvalue weighted by Crippen LogP contribution is -2.05. The van der Waals surface area contributed by atoms with Gasteiger partial charge in [0.15, 0.2) is 0 Å². The van der Waals surface area contributed by atoms with Gasteiger partial charge in [0.2, 0.25) is 5.95 Å². The molecular weight excluding hydrogens is 270 g/mol. The lowest BCUT2D eigenvalue weighted by molar-refractivity contribution is 0.726. The van der Waals surface area contributed by atoms with Crippen LogP contribution in [0, 0.1) is 6.92 Å². The van der Waals surface area contributed by atoms with Gasteiger partial charge in [0.05, 0.1) is 11.0 Å². The van der Waals surface area contributed by atoms with Crippen molar-refractivity contribution in [2.24, 2.45) is 0 Å². The predicted octanol–water partition coefficient (Wildman–Crippen LogP) is 3.82. The number of imidazole rings is 1. The van der Waals surface area contributed by atoms with Crippen molar-refractivity contribution >= 4 is 28.6 Å². The molecule has 4 heteroatoms. The average Bonchev–Trinajstić information content (AvgIpc) is 2.73. The second-order valence-corrected chi connectivity index (χ2v) is 5.43. The molecule has 3 nitrogen and oxygen atoms in total. The van der Waals surface area contributed by atoms with E-state index in [4.69, 9.17) is 17.3 Å². The number of rotatable bonds is 3. The largest absolute Gasteiger partial charge is 0.369 e. The van der Waals surface area contributed by atoms with Crippen molar-refractivity contribution in [2.75, 3.05) is 5.73 Å². The van der Waals surface area contributed by atoms with E-state index in [2.05, 4.69) is 34.7 Å². The van der Waals surface area contributed by atoms with E-state index in [1.165, 1.54) is 11.1 Å². The number of benzene rings is 2. The summed E-state index contributed by atoms with van der Waals surface area (Å²) in [4.78, 5) is 4.42. The Bertz CT molecular complexity index is 744. The molecule has 0 amide bonds. The molecule has 0 spiro atoms. The van der Waals surface area contributed by atoms with Crippen LogP contribution in [0.15, 0.2) is 42.5 Å². The number of aromatic nitrogens is 2. The molecular formula is C16H16ClN3. The number of aryl methyl sites for hydroxylation is 3. The summed E-state index contributed by atoms with van der Waals surface area (Å²) in [6, 6.07) is 14.1. The van der Waals surface area contributed by atoms with Crippen molar-refractivity contribution in [1.29, 1.82) is 0 Å².